The first-order valence-corrected chi connectivity index (χ1v) is 8.40. The van der Waals surface area contributed by atoms with Crippen LogP contribution in [0.2, 0.25) is 0 Å². The van der Waals surface area contributed by atoms with Gasteiger partial charge in [0.25, 0.3) is 0 Å². The van der Waals surface area contributed by atoms with E-state index in [2.05, 4.69) is 46.4 Å². The third kappa shape index (κ3) is 3.57. The molecule has 0 radical (unpaired) electrons. The molecule has 0 aliphatic carbocycles. The van der Waals surface area contributed by atoms with Crippen LogP contribution < -0.4 is 5.32 Å². The lowest BCUT2D eigenvalue weighted by Crippen LogP contribution is -2.31. The zero-order chi connectivity index (χ0) is 13.8. The van der Waals surface area contributed by atoms with Gasteiger partial charge < -0.3 is 10.2 Å². The summed E-state index contributed by atoms with van der Waals surface area (Å²) in [6.45, 7) is 8.12. The Balaban J connectivity index is 1.44. The van der Waals surface area contributed by atoms with Crippen molar-refractivity contribution in [2.24, 2.45) is 5.92 Å². The highest BCUT2D eigenvalue weighted by molar-refractivity contribution is 7.18. The second-order valence-corrected chi connectivity index (χ2v) is 6.93. The van der Waals surface area contributed by atoms with Gasteiger partial charge in [0.2, 0.25) is 0 Å². The van der Waals surface area contributed by atoms with Crippen molar-refractivity contribution in [1.29, 1.82) is 0 Å². The summed E-state index contributed by atoms with van der Waals surface area (Å²) in [6.07, 6.45) is 2.76. The fourth-order valence-corrected chi connectivity index (χ4v) is 3.83. The predicted molar refractivity (Wildman–Crippen MR) is 86.2 cm³/mol. The number of rotatable bonds is 6. The Morgan fingerprint density at radius 2 is 2.10 bits per heavy atom. The van der Waals surface area contributed by atoms with Gasteiger partial charge in [-0.15, -0.1) is 11.3 Å². The fourth-order valence-electron chi connectivity index (χ4n) is 2.89. The van der Waals surface area contributed by atoms with Crippen LogP contribution in [-0.2, 0) is 6.54 Å². The first kappa shape index (κ1) is 14.0. The van der Waals surface area contributed by atoms with E-state index in [9.17, 15) is 0 Å². The second kappa shape index (κ2) is 6.66. The van der Waals surface area contributed by atoms with Gasteiger partial charge in [0.05, 0.1) is 10.2 Å². The standard InChI is InChI=1S/C16H23N3S/c1-13(12-19-8-4-5-9-19)10-17-11-16-18-14-6-2-3-7-15(14)20-16/h2-3,6-7,13,17H,4-5,8-12H2,1H3. The van der Waals surface area contributed by atoms with E-state index < -0.39 is 0 Å². The lowest BCUT2D eigenvalue weighted by Gasteiger charge is -2.20. The number of aromatic nitrogens is 1. The molecule has 0 saturated carbocycles. The molecule has 20 heavy (non-hydrogen) atoms. The number of likely N-dealkylation sites (tertiary alicyclic amines) is 1. The van der Waals surface area contributed by atoms with Gasteiger partial charge in [-0.3, -0.25) is 0 Å². The number of benzene rings is 1. The highest BCUT2D eigenvalue weighted by atomic mass is 32.1. The van der Waals surface area contributed by atoms with Crippen LogP contribution in [0.3, 0.4) is 0 Å². The smallest absolute Gasteiger partial charge is 0.108 e. The molecule has 1 saturated heterocycles. The third-order valence-corrected chi connectivity index (χ3v) is 4.91. The Morgan fingerprint density at radius 1 is 1.30 bits per heavy atom. The lowest BCUT2D eigenvalue weighted by molar-refractivity contribution is 0.282. The number of para-hydroxylation sites is 1. The lowest BCUT2D eigenvalue weighted by atomic mass is 10.1. The molecule has 1 atom stereocenters. The van der Waals surface area contributed by atoms with E-state index in [0.717, 1.165) is 18.6 Å². The van der Waals surface area contributed by atoms with E-state index in [1.54, 1.807) is 11.3 Å². The number of hydrogen-bond acceptors (Lipinski definition) is 4. The summed E-state index contributed by atoms with van der Waals surface area (Å²) < 4.78 is 1.29. The van der Waals surface area contributed by atoms with Crippen molar-refractivity contribution < 1.29 is 0 Å². The predicted octanol–water partition coefficient (Wildman–Crippen LogP) is 3.12. The Morgan fingerprint density at radius 3 is 2.90 bits per heavy atom. The van der Waals surface area contributed by atoms with E-state index in [0.29, 0.717) is 5.92 Å². The zero-order valence-electron chi connectivity index (χ0n) is 12.1. The first-order valence-electron chi connectivity index (χ1n) is 7.59. The average molecular weight is 289 g/mol. The maximum atomic E-state index is 4.66. The number of hydrogen-bond donors (Lipinski definition) is 1. The number of fused-ring (bicyclic) bond motifs is 1. The van der Waals surface area contributed by atoms with Crippen molar-refractivity contribution in [1.82, 2.24) is 15.2 Å². The largest absolute Gasteiger partial charge is 0.310 e. The van der Waals surface area contributed by atoms with Crippen LogP contribution in [-0.4, -0.2) is 36.1 Å². The second-order valence-electron chi connectivity index (χ2n) is 5.82. The molecule has 2 aromatic rings. The Kier molecular flexibility index (Phi) is 4.65. The number of nitrogens with one attached hydrogen (secondary N) is 1. The average Bonchev–Trinajstić information content (AvgIpc) is 3.07. The summed E-state index contributed by atoms with van der Waals surface area (Å²) in [7, 11) is 0. The molecule has 3 nitrogen and oxygen atoms in total. The summed E-state index contributed by atoms with van der Waals surface area (Å²) in [5, 5.41) is 4.75. The van der Waals surface area contributed by atoms with Crippen molar-refractivity contribution in [2.45, 2.75) is 26.3 Å². The number of thiazole rings is 1. The van der Waals surface area contributed by atoms with Gasteiger partial charge in [-0.05, 0) is 50.5 Å². The first-order chi connectivity index (χ1) is 9.81. The quantitative estimate of drug-likeness (QED) is 0.885. The summed E-state index contributed by atoms with van der Waals surface area (Å²) in [5.74, 6) is 0.711. The third-order valence-electron chi connectivity index (χ3n) is 3.88. The molecule has 1 aliphatic heterocycles. The van der Waals surface area contributed by atoms with Crippen molar-refractivity contribution in [3.05, 3.63) is 29.3 Å². The van der Waals surface area contributed by atoms with Gasteiger partial charge in [-0.2, -0.15) is 0 Å². The van der Waals surface area contributed by atoms with E-state index in [-0.39, 0.29) is 0 Å². The van der Waals surface area contributed by atoms with Gasteiger partial charge in [-0.1, -0.05) is 19.1 Å². The van der Waals surface area contributed by atoms with Crippen LogP contribution >= 0.6 is 11.3 Å². The summed E-state index contributed by atoms with van der Waals surface area (Å²) in [4.78, 5) is 7.25. The van der Waals surface area contributed by atoms with Gasteiger partial charge in [-0.25, -0.2) is 4.98 Å². The zero-order valence-corrected chi connectivity index (χ0v) is 13.0. The van der Waals surface area contributed by atoms with Crippen LogP contribution in [0, 0.1) is 5.92 Å². The van der Waals surface area contributed by atoms with E-state index in [4.69, 9.17) is 0 Å². The van der Waals surface area contributed by atoms with Crippen molar-refractivity contribution in [3.63, 3.8) is 0 Å². The molecule has 1 aliphatic rings. The fraction of sp³-hybridized carbons (Fsp3) is 0.562. The van der Waals surface area contributed by atoms with Crippen LogP contribution in [0.1, 0.15) is 24.8 Å². The Labute approximate surface area is 125 Å². The molecular weight excluding hydrogens is 266 g/mol. The molecule has 1 aromatic heterocycles. The van der Waals surface area contributed by atoms with Gasteiger partial charge in [0.1, 0.15) is 5.01 Å². The molecule has 0 bridgehead atoms. The SMILES string of the molecule is CC(CNCc1nc2ccccc2s1)CN1CCCC1. The van der Waals surface area contributed by atoms with Crippen LogP contribution in [0.25, 0.3) is 10.2 Å². The maximum absolute atomic E-state index is 4.66. The van der Waals surface area contributed by atoms with E-state index in [1.807, 2.05) is 0 Å². The maximum Gasteiger partial charge on any atom is 0.108 e. The molecule has 4 heteroatoms. The van der Waals surface area contributed by atoms with E-state index in [1.165, 1.54) is 42.2 Å². The normalized spacial score (nSPS) is 17.9. The Bertz CT molecular complexity index is 512. The molecule has 1 unspecified atom stereocenters. The van der Waals surface area contributed by atoms with Crippen LogP contribution in [0.4, 0.5) is 0 Å². The van der Waals surface area contributed by atoms with E-state index >= 15 is 0 Å². The molecule has 108 valence electrons. The molecule has 1 N–H and O–H groups in total. The van der Waals surface area contributed by atoms with Crippen LogP contribution in [0.5, 0.6) is 0 Å². The summed E-state index contributed by atoms with van der Waals surface area (Å²) in [5.41, 5.74) is 1.12. The highest BCUT2D eigenvalue weighted by Gasteiger charge is 2.14. The monoisotopic (exact) mass is 289 g/mol. The molecular formula is C16H23N3S. The number of nitrogens with zero attached hydrogens (tertiary/aromatic N) is 2. The topological polar surface area (TPSA) is 28.2 Å². The van der Waals surface area contributed by atoms with Gasteiger partial charge in [0.15, 0.2) is 0 Å². The summed E-state index contributed by atoms with van der Waals surface area (Å²) >= 11 is 1.80. The van der Waals surface area contributed by atoms with Crippen molar-refractivity contribution in [2.75, 3.05) is 26.2 Å². The minimum Gasteiger partial charge on any atom is -0.310 e. The van der Waals surface area contributed by atoms with Gasteiger partial charge >= 0.3 is 0 Å². The van der Waals surface area contributed by atoms with Crippen molar-refractivity contribution >= 4 is 21.6 Å². The molecule has 0 spiro atoms. The molecule has 3 rings (SSSR count). The summed E-state index contributed by atoms with van der Waals surface area (Å²) in [6, 6.07) is 8.37. The van der Waals surface area contributed by atoms with Gasteiger partial charge in [0, 0.05) is 13.1 Å². The minimum absolute atomic E-state index is 0.711. The highest BCUT2D eigenvalue weighted by Crippen LogP contribution is 2.21. The molecule has 2 heterocycles. The van der Waals surface area contributed by atoms with Crippen LogP contribution in [0.15, 0.2) is 24.3 Å². The molecule has 0 amide bonds. The minimum atomic E-state index is 0.711. The molecule has 1 aromatic carbocycles. The Hall–Kier alpha value is -0.970. The van der Waals surface area contributed by atoms with Crippen molar-refractivity contribution in [3.8, 4) is 0 Å². The molecule has 1 fully saturated rings.